The predicted octanol–water partition coefficient (Wildman–Crippen LogP) is 4.81. The van der Waals surface area contributed by atoms with Crippen LogP contribution in [0.5, 0.6) is 0 Å². The summed E-state index contributed by atoms with van der Waals surface area (Å²) in [6.07, 6.45) is 3.01. The van der Waals surface area contributed by atoms with Crippen LogP contribution in [0.3, 0.4) is 0 Å². The first-order valence-corrected chi connectivity index (χ1v) is 9.24. The predicted molar refractivity (Wildman–Crippen MR) is 103 cm³/mol. The molecule has 0 spiro atoms. The SMILES string of the molecule is Cc1nc2cc(NC(=O)N3C=CC(=O)CC3c3ccc(F)cc3)ccc2s1. The first-order chi connectivity index (χ1) is 13.0. The van der Waals surface area contributed by atoms with E-state index in [-0.39, 0.29) is 24.1 Å². The lowest BCUT2D eigenvalue weighted by Crippen LogP contribution is -2.37. The topological polar surface area (TPSA) is 62.3 Å². The minimum atomic E-state index is -0.478. The monoisotopic (exact) mass is 381 g/mol. The van der Waals surface area contributed by atoms with Crippen molar-refractivity contribution in [2.45, 2.75) is 19.4 Å². The van der Waals surface area contributed by atoms with Crippen LogP contribution in [-0.4, -0.2) is 21.7 Å². The Morgan fingerprint density at radius 3 is 2.81 bits per heavy atom. The average Bonchev–Trinajstić information content (AvgIpc) is 3.01. The van der Waals surface area contributed by atoms with Crippen LogP contribution in [0.2, 0.25) is 0 Å². The maximum atomic E-state index is 13.2. The molecule has 7 heteroatoms. The number of allylic oxidation sites excluding steroid dienone is 1. The molecular formula is C20H16FN3O2S. The van der Waals surface area contributed by atoms with Crippen LogP contribution < -0.4 is 5.32 Å². The lowest BCUT2D eigenvalue weighted by molar-refractivity contribution is -0.116. The van der Waals surface area contributed by atoms with Gasteiger partial charge in [-0.3, -0.25) is 9.69 Å². The number of amides is 2. The summed E-state index contributed by atoms with van der Waals surface area (Å²) in [4.78, 5) is 30.6. The number of aromatic nitrogens is 1. The Labute approximate surface area is 159 Å². The minimum Gasteiger partial charge on any atom is -0.307 e. The summed E-state index contributed by atoms with van der Waals surface area (Å²) in [7, 11) is 0. The number of fused-ring (bicyclic) bond motifs is 1. The van der Waals surface area contributed by atoms with E-state index in [9.17, 15) is 14.0 Å². The molecule has 1 aliphatic heterocycles. The van der Waals surface area contributed by atoms with Gasteiger partial charge in [-0.05, 0) is 48.9 Å². The molecule has 0 bridgehead atoms. The second-order valence-electron chi connectivity index (χ2n) is 6.31. The number of ketones is 1. The summed E-state index contributed by atoms with van der Waals surface area (Å²) < 4.78 is 14.3. The maximum Gasteiger partial charge on any atom is 0.326 e. The number of urea groups is 1. The van der Waals surface area contributed by atoms with E-state index in [1.807, 2.05) is 25.1 Å². The molecule has 0 fully saturated rings. The van der Waals surface area contributed by atoms with Gasteiger partial charge in [0.1, 0.15) is 5.82 Å². The molecule has 2 amide bonds. The smallest absolute Gasteiger partial charge is 0.307 e. The van der Waals surface area contributed by atoms with Crippen LogP contribution in [-0.2, 0) is 4.79 Å². The molecule has 2 aromatic carbocycles. The van der Waals surface area contributed by atoms with E-state index in [1.165, 1.54) is 29.3 Å². The van der Waals surface area contributed by atoms with Crippen molar-refractivity contribution < 1.29 is 14.0 Å². The largest absolute Gasteiger partial charge is 0.326 e. The fourth-order valence-electron chi connectivity index (χ4n) is 3.11. The van der Waals surface area contributed by atoms with E-state index in [0.29, 0.717) is 11.3 Å². The number of halogens is 1. The molecule has 4 rings (SSSR count). The standard InChI is InChI=1S/C20H16FN3O2S/c1-12-22-17-10-15(6-7-19(17)27-12)23-20(26)24-9-8-16(25)11-18(24)13-2-4-14(21)5-3-13/h2-10,18H,11H2,1H3,(H,23,26). The molecule has 1 atom stereocenters. The minimum absolute atomic E-state index is 0.0762. The summed E-state index contributed by atoms with van der Waals surface area (Å²) in [6, 6.07) is 10.6. The normalized spacial score (nSPS) is 16.7. The molecule has 1 unspecified atom stereocenters. The second-order valence-corrected chi connectivity index (χ2v) is 7.54. The van der Waals surface area contributed by atoms with Crippen molar-refractivity contribution in [2.24, 2.45) is 0 Å². The molecule has 0 radical (unpaired) electrons. The first kappa shape index (κ1) is 17.4. The number of carbonyl (C=O) groups excluding carboxylic acids is 2. The molecule has 5 nitrogen and oxygen atoms in total. The summed E-state index contributed by atoms with van der Waals surface area (Å²) in [5, 5.41) is 3.81. The van der Waals surface area contributed by atoms with Crippen molar-refractivity contribution in [3.05, 3.63) is 71.1 Å². The highest BCUT2D eigenvalue weighted by Gasteiger charge is 2.28. The Hall–Kier alpha value is -3.06. The zero-order chi connectivity index (χ0) is 19.0. The Morgan fingerprint density at radius 1 is 1.26 bits per heavy atom. The molecule has 1 N–H and O–H groups in total. The van der Waals surface area contributed by atoms with Gasteiger partial charge >= 0.3 is 6.03 Å². The third-order valence-corrected chi connectivity index (χ3v) is 5.34. The van der Waals surface area contributed by atoms with Crippen molar-refractivity contribution in [3.8, 4) is 0 Å². The summed E-state index contributed by atoms with van der Waals surface area (Å²) in [6.45, 7) is 1.94. The number of anilines is 1. The average molecular weight is 381 g/mol. The summed E-state index contributed by atoms with van der Waals surface area (Å²) >= 11 is 1.59. The van der Waals surface area contributed by atoms with Crippen LogP contribution in [0, 0.1) is 12.7 Å². The van der Waals surface area contributed by atoms with E-state index >= 15 is 0 Å². The van der Waals surface area contributed by atoms with Crippen LogP contribution in [0.1, 0.15) is 23.0 Å². The van der Waals surface area contributed by atoms with Gasteiger partial charge in [-0.15, -0.1) is 11.3 Å². The van der Waals surface area contributed by atoms with Gasteiger partial charge in [0.25, 0.3) is 0 Å². The molecule has 0 saturated carbocycles. The number of thiazole rings is 1. The fourth-order valence-corrected chi connectivity index (χ4v) is 3.91. The van der Waals surface area contributed by atoms with E-state index < -0.39 is 6.04 Å². The third kappa shape index (κ3) is 3.59. The zero-order valence-electron chi connectivity index (χ0n) is 14.5. The van der Waals surface area contributed by atoms with Gasteiger partial charge in [0.05, 0.1) is 21.3 Å². The molecule has 136 valence electrons. The number of rotatable bonds is 2. The van der Waals surface area contributed by atoms with Crippen LogP contribution in [0.4, 0.5) is 14.9 Å². The number of hydrogen-bond acceptors (Lipinski definition) is 4. The van der Waals surface area contributed by atoms with Gasteiger partial charge in [0.2, 0.25) is 0 Å². The lowest BCUT2D eigenvalue weighted by Gasteiger charge is -2.31. The molecule has 3 aromatic rings. The summed E-state index contributed by atoms with van der Waals surface area (Å²) in [5.74, 6) is -0.438. The van der Waals surface area contributed by atoms with Crippen molar-refractivity contribution >= 4 is 39.1 Å². The third-order valence-electron chi connectivity index (χ3n) is 4.39. The van der Waals surface area contributed by atoms with Crippen molar-refractivity contribution in [1.29, 1.82) is 0 Å². The zero-order valence-corrected chi connectivity index (χ0v) is 15.3. The van der Waals surface area contributed by atoms with Crippen LogP contribution >= 0.6 is 11.3 Å². The molecule has 1 aliphatic rings. The Kier molecular flexibility index (Phi) is 4.45. The number of nitrogens with zero attached hydrogens (tertiary/aromatic N) is 2. The Morgan fingerprint density at radius 2 is 2.04 bits per heavy atom. The van der Waals surface area contributed by atoms with Crippen molar-refractivity contribution in [2.75, 3.05) is 5.32 Å². The maximum absolute atomic E-state index is 13.2. The Bertz CT molecular complexity index is 1060. The molecule has 0 saturated heterocycles. The van der Waals surface area contributed by atoms with E-state index in [0.717, 1.165) is 15.2 Å². The Balaban J connectivity index is 1.60. The lowest BCUT2D eigenvalue weighted by atomic mass is 9.97. The van der Waals surface area contributed by atoms with Gasteiger partial charge in [-0.25, -0.2) is 14.2 Å². The highest BCUT2D eigenvalue weighted by atomic mass is 32.1. The van der Waals surface area contributed by atoms with Gasteiger partial charge < -0.3 is 5.32 Å². The van der Waals surface area contributed by atoms with Gasteiger partial charge in [-0.1, -0.05) is 12.1 Å². The first-order valence-electron chi connectivity index (χ1n) is 8.42. The number of hydrogen-bond donors (Lipinski definition) is 1. The van der Waals surface area contributed by atoms with Crippen LogP contribution in [0.25, 0.3) is 10.2 Å². The molecule has 27 heavy (non-hydrogen) atoms. The molecule has 0 aliphatic carbocycles. The highest BCUT2D eigenvalue weighted by Crippen LogP contribution is 2.30. The van der Waals surface area contributed by atoms with Crippen molar-refractivity contribution in [1.82, 2.24) is 9.88 Å². The van der Waals surface area contributed by atoms with E-state index in [1.54, 1.807) is 23.5 Å². The van der Waals surface area contributed by atoms with Crippen LogP contribution in [0.15, 0.2) is 54.7 Å². The number of nitrogens with one attached hydrogen (secondary N) is 1. The van der Waals surface area contributed by atoms with E-state index in [2.05, 4.69) is 10.3 Å². The van der Waals surface area contributed by atoms with Gasteiger partial charge in [0, 0.05) is 18.3 Å². The molecular weight excluding hydrogens is 365 g/mol. The highest BCUT2D eigenvalue weighted by molar-refractivity contribution is 7.18. The molecule has 2 heterocycles. The number of benzene rings is 2. The number of aryl methyl sites for hydroxylation is 1. The number of carbonyl (C=O) groups is 2. The van der Waals surface area contributed by atoms with Crippen molar-refractivity contribution in [3.63, 3.8) is 0 Å². The quantitative estimate of drug-likeness (QED) is 0.693. The second kappa shape index (κ2) is 6.92. The summed E-state index contributed by atoms with van der Waals surface area (Å²) in [5.41, 5.74) is 2.16. The fraction of sp³-hybridized carbons (Fsp3) is 0.150. The van der Waals surface area contributed by atoms with Gasteiger partial charge in [0.15, 0.2) is 5.78 Å². The van der Waals surface area contributed by atoms with Gasteiger partial charge in [-0.2, -0.15) is 0 Å². The molecule has 1 aromatic heterocycles. The van der Waals surface area contributed by atoms with E-state index in [4.69, 9.17) is 0 Å².